The maximum atomic E-state index is 10.7. The summed E-state index contributed by atoms with van der Waals surface area (Å²) in [5, 5.41) is 5.17. The lowest BCUT2D eigenvalue weighted by atomic mass is 10.1. The minimum atomic E-state index is -1.23. The predicted molar refractivity (Wildman–Crippen MR) is 47.2 cm³/mol. The summed E-state index contributed by atoms with van der Waals surface area (Å²) in [6, 6.07) is 7.82. The number of aryl methyl sites for hydroxylation is 1. The summed E-state index contributed by atoms with van der Waals surface area (Å²) in [6.07, 6.45) is 0. The lowest BCUT2D eigenvalue weighted by molar-refractivity contribution is 0.684. The molecule has 0 aliphatic heterocycles. The molecule has 3 heteroatoms. The predicted octanol–water partition coefficient (Wildman–Crippen LogP) is 1.12. The van der Waals surface area contributed by atoms with E-state index in [1.54, 1.807) is 0 Å². The van der Waals surface area contributed by atoms with E-state index in [2.05, 4.69) is 0 Å². The zero-order valence-electron chi connectivity index (χ0n) is 6.41. The molecule has 1 aromatic rings. The molecule has 0 aliphatic carbocycles. The second-order valence-electron chi connectivity index (χ2n) is 2.45. The van der Waals surface area contributed by atoms with Gasteiger partial charge in [-0.25, -0.2) is 4.21 Å². The van der Waals surface area contributed by atoms with E-state index in [0.717, 1.165) is 11.1 Å². The zero-order chi connectivity index (χ0) is 8.27. The molecule has 1 atom stereocenters. The molecule has 0 bridgehead atoms. The highest BCUT2D eigenvalue weighted by Crippen LogP contribution is 2.07. The van der Waals surface area contributed by atoms with Crippen molar-refractivity contribution in [3.8, 4) is 0 Å². The van der Waals surface area contributed by atoms with Crippen molar-refractivity contribution < 1.29 is 4.21 Å². The zero-order valence-corrected chi connectivity index (χ0v) is 7.23. The molecule has 2 N–H and O–H groups in total. The average molecular weight is 169 g/mol. The van der Waals surface area contributed by atoms with Crippen LogP contribution in [-0.2, 0) is 16.7 Å². The van der Waals surface area contributed by atoms with Crippen LogP contribution >= 0.6 is 0 Å². The van der Waals surface area contributed by atoms with Crippen LogP contribution in [0.1, 0.15) is 11.1 Å². The molecular formula is C8H11NOS. The van der Waals surface area contributed by atoms with Gasteiger partial charge in [0.1, 0.15) is 0 Å². The largest absolute Gasteiger partial charge is 0.252 e. The van der Waals surface area contributed by atoms with E-state index in [1.807, 2.05) is 31.2 Å². The van der Waals surface area contributed by atoms with Crippen LogP contribution in [0, 0.1) is 6.92 Å². The first-order valence-electron chi connectivity index (χ1n) is 3.37. The summed E-state index contributed by atoms with van der Waals surface area (Å²) in [5.74, 6) is 0.451. The normalized spacial score (nSPS) is 12.9. The smallest absolute Gasteiger partial charge is 0.0933 e. The van der Waals surface area contributed by atoms with Crippen molar-refractivity contribution in [2.45, 2.75) is 12.7 Å². The van der Waals surface area contributed by atoms with Gasteiger partial charge >= 0.3 is 0 Å². The Bertz CT molecular complexity index is 273. The SMILES string of the molecule is Cc1ccccc1C[S@](N)=O. The highest BCUT2D eigenvalue weighted by Gasteiger charge is 1.98. The van der Waals surface area contributed by atoms with Crippen LogP contribution < -0.4 is 5.14 Å². The Morgan fingerprint density at radius 3 is 2.64 bits per heavy atom. The molecule has 1 aromatic carbocycles. The second kappa shape index (κ2) is 3.64. The van der Waals surface area contributed by atoms with Gasteiger partial charge in [-0.05, 0) is 18.1 Å². The van der Waals surface area contributed by atoms with Gasteiger partial charge in [0.2, 0.25) is 0 Å². The lowest BCUT2D eigenvalue weighted by Crippen LogP contribution is -2.06. The van der Waals surface area contributed by atoms with Crippen LogP contribution in [-0.4, -0.2) is 4.21 Å². The minimum absolute atomic E-state index is 0.451. The van der Waals surface area contributed by atoms with Crippen LogP contribution in [0.4, 0.5) is 0 Å². The summed E-state index contributed by atoms with van der Waals surface area (Å²) in [6.45, 7) is 1.99. The van der Waals surface area contributed by atoms with Crippen LogP contribution in [0.5, 0.6) is 0 Å². The first-order chi connectivity index (χ1) is 5.20. The Kier molecular flexibility index (Phi) is 2.79. The summed E-state index contributed by atoms with van der Waals surface area (Å²) < 4.78 is 10.7. The third kappa shape index (κ3) is 2.44. The van der Waals surface area contributed by atoms with Crippen molar-refractivity contribution in [2.24, 2.45) is 5.14 Å². The second-order valence-corrected chi connectivity index (χ2v) is 3.50. The van der Waals surface area contributed by atoms with E-state index in [1.165, 1.54) is 0 Å². The van der Waals surface area contributed by atoms with Crippen molar-refractivity contribution in [3.05, 3.63) is 35.4 Å². The molecule has 0 heterocycles. The van der Waals surface area contributed by atoms with Crippen LogP contribution in [0.25, 0.3) is 0 Å². The fourth-order valence-electron chi connectivity index (χ4n) is 0.925. The molecule has 11 heavy (non-hydrogen) atoms. The fourth-order valence-corrected chi connectivity index (χ4v) is 1.56. The molecule has 0 radical (unpaired) electrons. The lowest BCUT2D eigenvalue weighted by Gasteiger charge is -2.00. The van der Waals surface area contributed by atoms with Gasteiger partial charge < -0.3 is 0 Å². The fraction of sp³-hybridized carbons (Fsp3) is 0.250. The summed E-state index contributed by atoms with van der Waals surface area (Å²) in [5.41, 5.74) is 2.21. The molecular weight excluding hydrogens is 158 g/mol. The van der Waals surface area contributed by atoms with E-state index in [4.69, 9.17) is 5.14 Å². The van der Waals surface area contributed by atoms with E-state index in [0.29, 0.717) is 5.75 Å². The Morgan fingerprint density at radius 2 is 2.09 bits per heavy atom. The van der Waals surface area contributed by atoms with Gasteiger partial charge in [0.05, 0.1) is 16.7 Å². The van der Waals surface area contributed by atoms with Crippen molar-refractivity contribution in [3.63, 3.8) is 0 Å². The standard InChI is InChI=1S/C8H11NOS/c1-7-4-2-3-5-8(7)6-11(9)10/h2-5H,6,9H2,1H3/t11-/m1/s1. The van der Waals surface area contributed by atoms with Gasteiger partial charge in [-0.2, -0.15) is 0 Å². The van der Waals surface area contributed by atoms with Gasteiger partial charge in [-0.15, -0.1) is 0 Å². The number of hydrogen-bond acceptors (Lipinski definition) is 1. The van der Waals surface area contributed by atoms with Crippen LogP contribution in [0.3, 0.4) is 0 Å². The van der Waals surface area contributed by atoms with Crippen molar-refractivity contribution in [2.75, 3.05) is 0 Å². The number of benzene rings is 1. The van der Waals surface area contributed by atoms with E-state index < -0.39 is 11.0 Å². The first-order valence-corrected chi connectivity index (χ1v) is 4.75. The summed E-state index contributed by atoms with van der Waals surface area (Å²) in [4.78, 5) is 0. The minimum Gasteiger partial charge on any atom is -0.252 e. The Hall–Kier alpha value is -0.670. The van der Waals surface area contributed by atoms with Crippen molar-refractivity contribution >= 4 is 11.0 Å². The third-order valence-electron chi connectivity index (χ3n) is 1.56. The monoisotopic (exact) mass is 169 g/mol. The molecule has 0 aliphatic rings. The number of hydrogen-bond donors (Lipinski definition) is 1. The highest BCUT2D eigenvalue weighted by molar-refractivity contribution is 7.81. The number of nitrogens with two attached hydrogens (primary N) is 1. The molecule has 0 saturated heterocycles. The van der Waals surface area contributed by atoms with E-state index in [-0.39, 0.29) is 0 Å². The van der Waals surface area contributed by atoms with Gasteiger partial charge in [0.15, 0.2) is 0 Å². The summed E-state index contributed by atoms with van der Waals surface area (Å²) >= 11 is 0. The first kappa shape index (κ1) is 8.43. The Morgan fingerprint density at radius 1 is 1.45 bits per heavy atom. The average Bonchev–Trinajstić information content (AvgIpc) is 1.93. The topological polar surface area (TPSA) is 43.1 Å². The number of rotatable bonds is 2. The van der Waals surface area contributed by atoms with Crippen LogP contribution in [0.2, 0.25) is 0 Å². The molecule has 0 spiro atoms. The van der Waals surface area contributed by atoms with E-state index in [9.17, 15) is 4.21 Å². The quantitative estimate of drug-likeness (QED) is 0.708. The molecule has 0 saturated carbocycles. The van der Waals surface area contributed by atoms with Gasteiger partial charge in [0, 0.05) is 0 Å². The third-order valence-corrected chi connectivity index (χ3v) is 2.15. The molecule has 0 fully saturated rings. The Balaban J connectivity index is 2.86. The van der Waals surface area contributed by atoms with Crippen molar-refractivity contribution in [1.82, 2.24) is 0 Å². The molecule has 60 valence electrons. The van der Waals surface area contributed by atoms with E-state index >= 15 is 0 Å². The van der Waals surface area contributed by atoms with Crippen molar-refractivity contribution in [1.29, 1.82) is 0 Å². The molecule has 0 aromatic heterocycles. The molecule has 1 rings (SSSR count). The van der Waals surface area contributed by atoms with Gasteiger partial charge in [-0.1, -0.05) is 24.3 Å². The van der Waals surface area contributed by atoms with Crippen LogP contribution in [0.15, 0.2) is 24.3 Å². The molecule has 0 amide bonds. The maximum absolute atomic E-state index is 10.7. The van der Waals surface area contributed by atoms with Gasteiger partial charge in [0.25, 0.3) is 0 Å². The summed E-state index contributed by atoms with van der Waals surface area (Å²) in [7, 11) is -1.23. The molecule has 2 nitrogen and oxygen atoms in total. The maximum Gasteiger partial charge on any atom is 0.0933 e. The van der Waals surface area contributed by atoms with Gasteiger partial charge in [-0.3, -0.25) is 5.14 Å². The Labute approximate surface area is 69.0 Å². The highest BCUT2D eigenvalue weighted by atomic mass is 32.2. The molecule has 0 unspecified atom stereocenters.